The Balaban J connectivity index is 1.86. The standard InChI is InChI=1S/C16H18N2O2S/c1-20-15-10-13(7-8-17-15)11-18-16(19)14(21)9-12-5-3-2-4-6-12/h2-8,10,14,21H,9,11H2,1H3,(H,18,19). The number of hydrogen-bond acceptors (Lipinski definition) is 4. The minimum Gasteiger partial charge on any atom is -0.481 e. The minimum absolute atomic E-state index is 0.0852. The lowest BCUT2D eigenvalue weighted by molar-refractivity contribution is -0.120. The van der Waals surface area contributed by atoms with Gasteiger partial charge in [-0.2, -0.15) is 12.6 Å². The number of nitrogens with one attached hydrogen (secondary N) is 1. The van der Waals surface area contributed by atoms with E-state index in [1.807, 2.05) is 36.4 Å². The Morgan fingerprint density at radius 1 is 1.29 bits per heavy atom. The van der Waals surface area contributed by atoms with Crippen molar-refractivity contribution in [2.45, 2.75) is 18.2 Å². The molecule has 5 heteroatoms. The van der Waals surface area contributed by atoms with Crippen LogP contribution < -0.4 is 10.1 Å². The lowest BCUT2D eigenvalue weighted by Gasteiger charge is -2.12. The van der Waals surface area contributed by atoms with Gasteiger partial charge in [0, 0.05) is 18.8 Å². The zero-order valence-corrected chi connectivity index (χ0v) is 12.7. The minimum atomic E-state index is -0.365. The second-order valence-corrected chi connectivity index (χ2v) is 5.25. The number of carbonyl (C=O) groups excluding carboxylic acids is 1. The van der Waals surface area contributed by atoms with E-state index in [1.54, 1.807) is 19.4 Å². The average Bonchev–Trinajstić information content (AvgIpc) is 2.53. The van der Waals surface area contributed by atoms with Gasteiger partial charge in [-0.1, -0.05) is 30.3 Å². The van der Waals surface area contributed by atoms with E-state index >= 15 is 0 Å². The van der Waals surface area contributed by atoms with Crippen LogP contribution in [-0.2, 0) is 17.8 Å². The van der Waals surface area contributed by atoms with Gasteiger partial charge in [0.2, 0.25) is 11.8 Å². The average molecular weight is 302 g/mol. The predicted octanol–water partition coefficient (Wildman–Crippen LogP) is 2.25. The van der Waals surface area contributed by atoms with Crippen LogP contribution in [0.1, 0.15) is 11.1 Å². The van der Waals surface area contributed by atoms with Gasteiger partial charge in [-0.25, -0.2) is 4.98 Å². The van der Waals surface area contributed by atoms with Crippen LogP contribution in [0.15, 0.2) is 48.7 Å². The maximum atomic E-state index is 12.0. The molecule has 0 aliphatic rings. The zero-order valence-electron chi connectivity index (χ0n) is 11.8. The summed E-state index contributed by atoms with van der Waals surface area (Å²) in [6, 6.07) is 13.5. The van der Waals surface area contributed by atoms with Crippen LogP contribution in [0, 0.1) is 0 Å². The van der Waals surface area contributed by atoms with Crippen molar-refractivity contribution in [3.05, 3.63) is 59.8 Å². The molecule has 0 bridgehead atoms. The first-order chi connectivity index (χ1) is 10.2. The van der Waals surface area contributed by atoms with Gasteiger partial charge in [0.15, 0.2) is 0 Å². The third kappa shape index (κ3) is 4.79. The predicted molar refractivity (Wildman–Crippen MR) is 85.6 cm³/mol. The molecule has 0 saturated carbocycles. The normalized spacial score (nSPS) is 11.7. The zero-order chi connectivity index (χ0) is 15.1. The summed E-state index contributed by atoms with van der Waals surface area (Å²) in [5, 5.41) is 2.51. The van der Waals surface area contributed by atoms with Crippen LogP contribution in [0.3, 0.4) is 0 Å². The Hall–Kier alpha value is -2.01. The molecule has 21 heavy (non-hydrogen) atoms. The molecule has 2 rings (SSSR count). The van der Waals surface area contributed by atoms with E-state index in [0.717, 1.165) is 11.1 Å². The second kappa shape index (κ2) is 7.69. The van der Waals surface area contributed by atoms with E-state index in [1.165, 1.54) is 0 Å². The molecule has 0 fully saturated rings. The van der Waals surface area contributed by atoms with Crippen LogP contribution in [0.25, 0.3) is 0 Å². The van der Waals surface area contributed by atoms with E-state index in [4.69, 9.17) is 4.74 Å². The summed E-state index contributed by atoms with van der Waals surface area (Å²) < 4.78 is 5.05. The topological polar surface area (TPSA) is 51.2 Å². The van der Waals surface area contributed by atoms with Crippen LogP contribution in [0.5, 0.6) is 5.88 Å². The Morgan fingerprint density at radius 3 is 2.76 bits per heavy atom. The third-order valence-corrected chi connectivity index (χ3v) is 3.47. The molecular formula is C16H18N2O2S. The molecule has 0 spiro atoms. The number of aromatic nitrogens is 1. The number of benzene rings is 1. The lowest BCUT2D eigenvalue weighted by atomic mass is 10.1. The van der Waals surface area contributed by atoms with Gasteiger partial charge >= 0.3 is 0 Å². The molecule has 0 saturated heterocycles. The highest BCUT2D eigenvalue weighted by molar-refractivity contribution is 7.81. The van der Waals surface area contributed by atoms with E-state index < -0.39 is 0 Å². The molecule has 1 aromatic carbocycles. The fraction of sp³-hybridized carbons (Fsp3) is 0.250. The maximum Gasteiger partial charge on any atom is 0.233 e. The molecular weight excluding hydrogens is 284 g/mol. The van der Waals surface area contributed by atoms with E-state index in [0.29, 0.717) is 18.8 Å². The molecule has 110 valence electrons. The number of pyridine rings is 1. The maximum absolute atomic E-state index is 12.0. The smallest absolute Gasteiger partial charge is 0.233 e. The van der Waals surface area contributed by atoms with Gasteiger partial charge in [0.25, 0.3) is 0 Å². The molecule has 2 aromatic rings. The number of hydrogen-bond donors (Lipinski definition) is 2. The summed E-state index contributed by atoms with van der Waals surface area (Å²) in [7, 11) is 1.56. The van der Waals surface area contributed by atoms with Crippen LogP contribution >= 0.6 is 12.6 Å². The molecule has 1 atom stereocenters. The van der Waals surface area contributed by atoms with Crippen molar-refractivity contribution in [1.82, 2.24) is 10.3 Å². The van der Waals surface area contributed by atoms with Crippen LogP contribution in [0.4, 0.5) is 0 Å². The fourth-order valence-electron chi connectivity index (χ4n) is 1.91. The highest BCUT2D eigenvalue weighted by Gasteiger charge is 2.14. The number of rotatable bonds is 6. The van der Waals surface area contributed by atoms with Gasteiger partial charge in [-0.15, -0.1) is 0 Å². The molecule has 0 aliphatic carbocycles. The fourth-order valence-corrected chi connectivity index (χ4v) is 2.21. The molecule has 4 nitrogen and oxygen atoms in total. The van der Waals surface area contributed by atoms with Gasteiger partial charge in [0.05, 0.1) is 12.4 Å². The molecule has 1 heterocycles. The van der Waals surface area contributed by atoms with Crippen LogP contribution in [-0.4, -0.2) is 23.3 Å². The summed E-state index contributed by atoms with van der Waals surface area (Å²) in [6.07, 6.45) is 2.26. The monoisotopic (exact) mass is 302 g/mol. The summed E-state index contributed by atoms with van der Waals surface area (Å²) in [5.74, 6) is 0.450. The first-order valence-corrected chi connectivity index (χ1v) is 7.19. The quantitative estimate of drug-likeness (QED) is 0.805. The van der Waals surface area contributed by atoms with Crippen molar-refractivity contribution >= 4 is 18.5 Å². The number of methoxy groups -OCH3 is 1. The first-order valence-electron chi connectivity index (χ1n) is 6.67. The van der Waals surface area contributed by atoms with Crippen LogP contribution in [0.2, 0.25) is 0 Å². The number of carbonyl (C=O) groups is 1. The molecule has 1 amide bonds. The van der Waals surface area contributed by atoms with E-state index in [-0.39, 0.29) is 11.2 Å². The number of nitrogens with zero attached hydrogens (tertiary/aromatic N) is 1. The van der Waals surface area contributed by atoms with Gasteiger partial charge in [0.1, 0.15) is 0 Å². The first kappa shape index (κ1) is 15.4. The van der Waals surface area contributed by atoms with Crippen molar-refractivity contribution in [2.75, 3.05) is 7.11 Å². The van der Waals surface area contributed by atoms with Crippen molar-refractivity contribution in [1.29, 1.82) is 0 Å². The van der Waals surface area contributed by atoms with Crippen molar-refractivity contribution in [3.8, 4) is 5.88 Å². The number of ether oxygens (including phenoxy) is 1. The summed E-state index contributed by atoms with van der Waals surface area (Å²) in [6.45, 7) is 0.434. The highest BCUT2D eigenvalue weighted by Crippen LogP contribution is 2.10. The van der Waals surface area contributed by atoms with Crippen molar-refractivity contribution in [3.63, 3.8) is 0 Å². The Bertz CT molecular complexity index is 590. The van der Waals surface area contributed by atoms with E-state index in [2.05, 4.69) is 22.9 Å². The summed E-state index contributed by atoms with van der Waals surface area (Å²) in [5.41, 5.74) is 2.04. The summed E-state index contributed by atoms with van der Waals surface area (Å²) >= 11 is 4.37. The summed E-state index contributed by atoms with van der Waals surface area (Å²) in [4.78, 5) is 16.1. The van der Waals surface area contributed by atoms with Gasteiger partial charge in [-0.05, 0) is 23.6 Å². The van der Waals surface area contributed by atoms with Gasteiger partial charge in [-0.3, -0.25) is 4.79 Å². The van der Waals surface area contributed by atoms with E-state index in [9.17, 15) is 4.79 Å². The Labute approximate surface area is 130 Å². The molecule has 1 unspecified atom stereocenters. The molecule has 0 aliphatic heterocycles. The highest BCUT2D eigenvalue weighted by atomic mass is 32.1. The Kier molecular flexibility index (Phi) is 5.63. The molecule has 1 N–H and O–H groups in total. The van der Waals surface area contributed by atoms with Crippen molar-refractivity contribution in [2.24, 2.45) is 0 Å². The largest absolute Gasteiger partial charge is 0.481 e. The number of thiol groups is 1. The van der Waals surface area contributed by atoms with Gasteiger partial charge < -0.3 is 10.1 Å². The lowest BCUT2D eigenvalue weighted by Crippen LogP contribution is -2.32. The molecule has 0 radical (unpaired) electrons. The number of amides is 1. The second-order valence-electron chi connectivity index (χ2n) is 4.63. The SMILES string of the molecule is COc1cc(CNC(=O)C(S)Cc2ccccc2)ccn1. The third-order valence-electron chi connectivity index (χ3n) is 3.05. The Morgan fingerprint density at radius 2 is 2.05 bits per heavy atom. The van der Waals surface area contributed by atoms with Crippen molar-refractivity contribution < 1.29 is 9.53 Å². The molecule has 1 aromatic heterocycles.